The fourth-order valence-electron chi connectivity index (χ4n) is 0.938. The van der Waals surface area contributed by atoms with Gasteiger partial charge in [0.05, 0.1) is 10.0 Å². The number of halogens is 2. The summed E-state index contributed by atoms with van der Waals surface area (Å²) in [5, 5.41) is 9.38. The molecule has 9 heteroatoms. The Hall–Kier alpha value is -0.210. The van der Waals surface area contributed by atoms with Gasteiger partial charge in [-0.25, -0.2) is 4.98 Å². The highest BCUT2D eigenvalue weighted by molar-refractivity contribution is 8.03. The van der Waals surface area contributed by atoms with Gasteiger partial charge in [0.15, 0.2) is 8.68 Å². The molecule has 4 nitrogen and oxygen atoms in total. The summed E-state index contributed by atoms with van der Waals surface area (Å²) < 4.78 is 1.66. The van der Waals surface area contributed by atoms with Gasteiger partial charge in [-0.05, 0) is 24.1 Å². The van der Waals surface area contributed by atoms with E-state index in [1.165, 1.54) is 23.1 Å². The van der Waals surface area contributed by atoms with Crippen molar-refractivity contribution in [2.24, 2.45) is 0 Å². The van der Waals surface area contributed by atoms with E-state index in [2.05, 4.69) is 15.2 Å². The summed E-state index contributed by atoms with van der Waals surface area (Å²) in [5.74, 6) is 0.258. The van der Waals surface area contributed by atoms with Gasteiger partial charge in [0.1, 0.15) is 10.8 Å². The molecule has 0 aliphatic heterocycles. The molecule has 0 unspecified atom stereocenters. The molecule has 0 saturated heterocycles. The number of aromatic nitrogens is 3. The van der Waals surface area contributed by atoms with Crippen molar-refractivity contribution in [2.75, 3.05) is 12.0 Å². The Bertz CT molecular complexity index is 546. The molecular formula is C8H6Cl2N4S3. The fraction of sp³-hybridized carbons (Fsp3) is 0.125. The number of hydrogen-bond donors (Lipinski definition) is 1. The van der Waals surface area contributed by atoms with Gasteiger partial charge < -0.3 is 5.73 Å². The third-order valence-corrected chi connectivity index (χ3v) is 5.33. The van der Waals surface area contributed by atoms with Crippen molar-refractivity contribution in [3.8, 4) is 0 Å². The molecule has 0 amide bonds. The lowest BCUT2D eigenvalue weighted by Gasteiger charge is -2.03. The highest BCUT2D eigenvalue weighted by Gasteiger charge is 2.12. The maximum atomic E-state index is 6.02. The SMILES string of the molecule is CSc1nnc(Sc2nc(N)c(Cl)cc2Cl)s1. The number of pyridine rings is 1. The lowest BCUT2D eigenvalue weighted by Crippen LogP contribution is -1.93. The van der Waals surface area contributed by atoms with E-state index >= 15 is 0 Å². The summed E-state index contributed by atoms with van der Waals surface area (Å²) in [7, 11) is 0. The smallest absolute Gasteiger partial charge is 0.181 e. The molecule has 90 valence electrons. The van der Waals surface area contributed by atoms with Gasteiger partial charge >= 0.3 is 0 Å². The first-order chi connectivity index (χ1) is 8.10. The Kier molecular flexibility index (Phi) is 4.37. The minimum atomic E-state index is 0.258. The van der Waals surface area contributed by atoms with Crippen molar-refractivity contribution in [3.63, 3.8) is 0 Å². The van der Waals surface area contributed by atoms with Crippen LogP contribution in [0.5, 0.6) is 0 Å². The lowest BCUT2D eigenvalue weighted by atomic mass is 10.5. The van der Waals surface area contributed by atoms with Gasteiger partial charge in [-0.15, -0.1) is 10.2 Å². The van der Waals surface area contributed by atoms with Gasteiger partial charge in [0, 0.05) is 0 Å². The zero-order valence-corrected chi connectivity index (χ0v) is 12.4. The highest BCUT2D eigenvalue weighted by atomic mass is 35.5. The molecule has 0 fully saturated rings. The zero-order valence-electron chi connectivity index (χ0n) is 8.48. The Labute approximate surface area is 120 Å². The Balaban J connectivity index is 2.26. The maximum Gasteiger partial charge on any atom is 0.181 e. The summed E-state index contributed by atoms with van der Waals surface area (Å²) in [4.78, 5) is 4.11. The van der Waals surface area contributed by atoms with E-state index in [0.717, 1.165) is 8.68 Å². The van der Waals surface area contributed by atoms with Crippen molar-refractivity contribution in [3.05, 3.63) is 16.1 Å². The van der Waals surface area contributed by atoms with Crippen LogP contribution in [0.1, 0.15) is 0 Å². The molecule has 2 aromatic heterocycles. The Morgan fingerprint density at radius 1 is 1.24 bits per heavy atom. The number of anilines is 1. The molecule has 2 rings (SSSR count). The number of hydrogen-bond acceptors (Lipinski definition) is 7. The van der Waals surface area contributed by atoms with Crippen LogP contribution in [0.2, 0.25) is 10.0 Å². The lowest BCUT2D eigenvalue weighted by molar-refractivity contribution is 0.954. The molecule has 0 saturated carbocycles. The van der Waals surface area contributed by atoms with Crippen LogP contribution in [0, 0.1) is 0 Å². The standard InChI is InChI=1S/C8H6Cl2N4S3/c1-15-7-13-14-8(17-7)16-6-4(10)2-3(9)5(11)12-6/h2H,1H3,(H2,11,12). The molecule has 0 bridgehead atoms. The second kappa shape index (κ2) is 5.62. The van der Waals surface area contributed by atoms with E-state index in [1.54, 1.807) is 17.8 Å². The first-order valence-electron chi connectivity index (χ1n) is 4.27. The van der Waals surface area contributed by atoms with Crippen molar-refractivity contribution in [1.29, 1.82) is 0 Å². The van der Waals surface area contributed by atoms with Crippen molar-refractivity contribution in [1.82, 2.24) is 15.2 Å². The van der Waals surface area contributed by atoms with Crippen LogP contribution >= 0.6 is 58.1 Å². The second-order valence-corrected chi connectivity index (χ2v) is 6.86. The zero-order chi connectivity index (χ0) is 12.4. The minimum Gasteiger partial charge on any atom is -0.382 e. The number of nitrogens with two attached hydrogens (primary N) is 1. The summed E-state index contributed by atoms with van der Waals surface area (Å²) in [6.45, 7) is 0. The molecule has 2 N–H and O–H groups in total. The molecule has 0 aromatic carbocycles. The van der Waals surface area contributed by atoms with Gasteiger partial charge in [-0.1, -0.05) is 46.3 Å². The monoisotopic (exact) mass is 324 g/mol. The molecule has 2 heterocycles. The topological polar surface area (TPSA) is 64.7 Å². The van der Waals surface area contributed by atoms with Crippen molar-refractivity contribution < 1.29 is 0 Å². The maximum absolute atomic E-state index is 6.02. The molecular weight excluding hydrogens is 319 g/mol. The normalized spacial score (nSPS) is 10.8. The van der Waals surface area contributed by atoms with Crippen LogP contribution in [-0.2, 0) is 0 Å². The summed E-state index contributed by atoms with van der Waals surface area (Å²) in [5.41, 5.74) is 5.62. The van der Waals surface area contributed by atoms with Crippen molar-refractivity contribution >= 4 is 63.9 Å². The molecule has 0 radical (unpaired) electrons. The third-order valence-electron chi connectivity index (χ3n) is 1.67. The predicted octanol–water partition coefficient (Wildman–Crippen LogP) is 3.70. The molecule has 17 heavy (non-hydrogen) atoms. The van der Waals surface area contributed by atoms with E-state index in [4.69, 9.17) is 28.9 Å². The van der Waals surface area contributed by atoms with Crippen LogP contribution in [0.15, 0.2) is 19.8 Å². The molecule has 0 aliphatic rings. The first kappa shape index (κ1) is 13.2. The van der Waals surface area contributed by atoms with E-state index in [-0.39, 0.29) is 5.82 Å². The Morgan fingerprint density at radius 3 is 2.59 bits per heavy atom. The van der Waals surface area contributed by atoms with E-state index < -0.39 is 0 Å². The number of nitrogen functional groups attached to an aromatic ring is 1. The average Bonchev–Trinajstić information content (AvgIpc) is 2.73. The summed E-state index contributed by atoms with van der Waals surface area (Å²) in [6, 6.07) is 1.57. The first-order valence-corrected chi connectivity index (χ1v) is 7.88. The second-order valence-electron chi connectivity index (χ2n) is 2.78. The third kappa shape index (κ3) is 3.17. The van der Waals surface area contributed by atoms with Crippen LogP contribution in [0.3, 0.4) is 0 Å². The number of rotatable bonds is 3. The van der Waals surface area contributed by atoms with E-state index in [9.17, 15) is 0 Å². The fourth-order valence-corrected chi connectivity index (χ4v) is 3.76. The quantitative estimate of drug-likeness (QED) is 0.868. The van der Waals surface area contributed by atoms with E-state index in [1.807, 2.05) is 6.26 Å². The predicted molar refractivity (Wildman–Crippen MR) is 74.5 cm³/mol. The van der Waals surface area contributed by atoms with Crippen LogP contribution in [-0.4, -0.2) is 21.4 Å². The number of thioether (sulfide) groups is 1. The summed E-state index contributed by atoms with van der Waals surface area (Å²) >= 11 is 16.2. The molecule has 0 aliphatic carbocycles. The van der Waals surface area contributed by atoms with E-state index in [0.29, 0.717) is 15.1 Å². The number of nitrogens with zero attached hydrogens (tertiary/aromatic N) is 3. The van der Waals surface area contributed by atoms with Crippen LogP contribution < -0.4 is 5.73 Å². The summed E-state index contributed by atoms with van der Waals surface area (Å²) in [6.07, 6.45) is 1.94. The van der Waals surface area contributed by atoms with Gasteiger partial charge in [-0.3, -0.25) is 0 Å². The van der Waals surface area contributed by atoms with Gasteiger partial charge in [-0.2, -0.15) is 0 Å². The largest absolute Gasteiger partial charge is 0.382 e. The minimum absolute atomic E-state index is 0.258. The van der Waals surface area contributed by atoms with Crippen molar-refractivity contribution in [2.45, 2.75) is 13.7 Å². The van der Waals surface area contributed by atoms with Gasteiger partial charge in [0.25, 0.3) is 0 Å². The van der Waals surface area contributed by atoms with Crippen LogP contribution in [0.4, 0.5) is 5.82 Å². The average molecular weight is 325 g/mol. The Morgan fingerprint density at radius 2 is 1.94 bits per heavy atom. The molecule has 2 aromatic rings. The van der Waals surface area contributed by atoms with Gasteiger partial charge in [0.2, 0.25) is 0 Å². The molecule has 0 spiro atoms. The van der Waals surface area contributed by atoms with Crippen LogP contribution in [0.25, 0.3) is 0 Å². The highest BCUT2D eigenvalue weighted by Crippen LogP contribution is 2.37. The molecule has 0 atom stereocenters.